The van der Waals surface area contributed by atoms with Gasteiger partial charge in [-0.05, 0) is 51.5 Å². The smallest absolute Gasteiger partial charge is 0.375 e. The lowest BCUT2D eigenvalue weighted by Crippen LogP contribution is -2.20. The Hall–Kier alpha value is -1.03. The van der Waals surface area contributed by atoms with Crippen molar-refractivity contribution < 1.29 is 19.7 Å². The molecule has 0 spiro atoms. The fourth-order valence-electron chi connectivity index (χ4n) is 1.19. The van der Waals surface area contributed by atoms with Crippen molar-refractivity contribution in [2.75, 3.05) is 0 Å². The van der Waals surface area contributed by atoms with E-state index in [4.69, 9.17) is 14.9 Å². The van der Waals surface area contributed by atoms with Gasteiger partial charge >= 0.3 is 5.97 Å². The van der Waals surface area contributed by atoms with E-state index in [0.717, 1.165) is 12.8 Å². The number of hydrogen-bond acceptors (Lipinski definition) is 3. The van der Waals surface area contributed by atoms with E-state index in [1.807, 2.05) is 0 Å². The maximum atomic E-state index is 10.9. The predicted octanol–water partition coefficient (Wildman–Crippen LogP) is 3.92. The Morgan fingerprint density at radius 1 is 1.17 bits per heavy atom. The van der Waals surface area contributed by atoms with Gasteiger partial charge in [-0.25, -0.2) is 4.79 Å². The molecule has 0 saturated carbocycles. The molecule has 0 aromatic heterocycles. The minimum Gasteiger partial charge on any atom is -0.475 e. The summed E-state index contributed by atoms with van der Waals surface area (Å²) in [7, 11) is 0. The monoisotopic (exact) mass is 258 g/mol. The van der Waals surface area contributed by atoms with Crippen molar-refractivity contribution in [1.29, 1.82) is 0 Å². The highest BCUT2D eigenvalue weighted by molar-refractivity contribution is 5.83. The first-order valence-corrected chi connectivity index (χ1v) is 6.30. The van der Waals surface area contributed by atoms with Gasteiger partial charge in [-0.1, -0.05) is 20.8 Å². The third kappa shape index (κ3) is 10.1. The zero-order valence-corrected chi connectivity index (χ0v) is 12.4. The summed E-state index contributed by atoms with van der Waals surface area (Å²) >= 11 is 0. The van der Waals surface area contributed by atoms with Crippen LogP contribution in [0.25, 0.3) is 0 Å². The number of rotatable bonds is 6. The second-order valence-corrected chi connectivity index (χ2v) is 6.61. The Bertz CT molecular complexity index is 292. The highest BCUT2D eigenvalue weighted by atomic mass is 17.2. The van der Waals surface area contributed by atoms with Gasteiger partial charge in [0.05, 0.1) is 0 Å². The van der Waals surface area contributed by atoms with Crippen molar-refractivity contribution in [3.63, 3.8) is 0 Å². The summed E-state index contributed by atoms with van der Waals surface area (Å²) in [4.78, 5) is 20.8. The maximum absolute atomic E-state index is 10.9. The zero-order chi connectivity index (χ0) is 14.4. The Kier molecular flexibility index (Phi) is 6.39. The molecule has 0 atom stereocenters. The summed E-state index contributed by atoms with van der Waals surface area (Å²) in [6.45, 7) is 11.9. The summed E-state index contributed by atoms with van der Waals surface area (Å²) in [5.74, 6) is -1.24. The maximum Gasteiger partial charge on any atom is 0.375 e. The SMILES string of the molecule is CC(C)(C)CCCC=C(OOC(C)(C)C)C(=O)O. The van der Waals surface area contributed by atoms with Gasteiger partial charge in [0.2, 0.25) is 5.76 Å². The van der Waals surface area contributed by atoms with E-state index in [1.54, 1.807) is 26.8 Å². The zero-order valence-electron chi connectivity index (χ0n) is 12.4. The molecule has 0 bridgehead atoms. The molecule has 0 rings (SSSR count). The largest absolute Gasteiger partial charge is 0.475 e. The molecule has 0 amide bonds. The molecule has 0 saturated heterocycles. The van der Waals surface area contributed by atoms with Gasteiger partial charge in [-0.15, -0.1) is 0 Å². The minimum absolute atomic E-state index is 0.140. The highest BCUT2D eigenvalue weighted by Gasteiger charge is 2.17. The van der Waals surface area contributed by atoms with Crippen LogP contribution in [0, 0.1) is 5.41 Å². The van der Waals surface area contributed by atoms with E-state index in [0.29, 0.717) is 6.42 Å². The molecule has 0 aromatic carbocycles. The number of carbonyl (C=O) groups is 1. The summed E-state index contributed by atoms with van der Waals surface area (Å²) in [5, 5.41) is 8.96. The first kappa shape index (κ1) is 17.0. The first-order chi connectivity index (χ1) is 8.01. The van der Waals surface area contributed by atoms with Crippen LogP contribution < -0.4 is 0 Å². The molecule has 0 unspecified atom stereocenters. The highest BCUT2D eigenvalue weighted by Crippen LogP contribution is 2.22. The quantitative estimate of drug-likeness (QED) is 0.258. The van der Waals surface area contributed by atoms with Crippen molar-refractivity contribution >= 4 is 5.97 Å². The predicted molar refractivity (Wildman–Crippen MR) is 70.9 cm³/mol. The Morgan fingerprint density at radius 3 is 2.11 bits per heavy atom. The van der Waals surface area contributed by atoms with Crippen molar-refractivity contribution in [2.24, 2.45) is 5.41 Å². The van der Waals surface area contributed by atoms with Crippen molar-refractivity contribution in [2.45, 2.75) is 66.4 Å². The number of carboxylic acid groups (broad SMARTS) is 1. The standard InChI is InChI=1S/C14H26O4/c1-13(2,3)10-8-7-9-11(12(15)16)17-18-14(4,5)6/h9H,7-8,10H2,1-6H3,(H,15,16). The fourth-order valence-corrected chi connectivity index (χ4v) is 1.19. The Balaban J connectivity index is 4.22. The molecular formula is C14H26O4. The van der Waals surface area contributed by atoms with E-state index in [2.05, 4.69) is 20.8 Å². The van der Waals surface area contributed by atoms with Crippen LogP contribution in [0.15, 0.2) is 11.8 Å². The molecule has 0 fully saturated rings. The molecule has 0 aromatic rings. The summed E-state index contributed by atoms with van der Waals surface area (Å²) in [6, 6.07) is 0. The number of carboxylic acids is 1. The second-order valence-electron chi connectivity index (χ2n) is 6.61. The van der Waals surface area contributed by atoms with Crippen molar-refractivity contribution in [3.05, 3.63) is 11.8 Å². The van der Waals surface area contributed by atoms with Crippen LogP contribution in [0.3, 0.4) is 0 Å². The lowest BCUT2D eigenvalue weighted by molar-refractivity contribution is -0.320. The van der Waals surface area contributed by atoms with Crippen LogP contribution >= 0.6 is 0 Å². The topological polar surface area (TPSA) is 55.8 Å². The van der Waals surface area contributed by atoms with E-state index < -0.39 is 11.6 Å². The Labute approximate surface area is 110 Å². The van der Waals surface area contributed by atoms with Crippen LogP contribution in [-0.2, 0) is 14.6 Å². The Morgan fingerprint density at radius 2 is 1.72 bits per heavy atom. The van der Waals surface area contributed by atoms with E-state index in [1.165, 1.54) is 0 Å². The molecule has 0 radical (unpaired) electrons. The molecule has 4 nitrogen and oxygen atoms in total. The average molecular weight is 258 g/mol. The number of hydrogen-bond donors (Lipinski definition) is 1. The molecular weight excluding hydrogens is 232 g/mol. The number of unbranched alkanes of at least 4 members (excludes halogenated alkanes) is 1. The number of allylic oxidation sites excluding steroid dienone is 1. The van der Waals surface area contributed by atoms with Crippen LogP contribution in [0.1, 0.15) is 60.8 Å². The molecule has 1 N–H and O–H groups in total. The normalized spacial score (nSPS) is 13.6. The summed E-state index contributed by atoms with van der Waals surface area (Å²) < 4.78 is 0. The minimum atomic E-state index is -1.10. The van der Waals surface area contributed by atoms with Crippen LogP contribution in [-0.4, -0.2) is 16.7 Å². The number of aliphatic carboxylic acids is 1. The van der Waals surface area contributed by atoms with E-state index >= 15 is 0 Å². The lowest BCUT2D eigenvalue weighted by atomic mass is 9.90. The van der Waals surface area contributed by atoms with Crippen molar-refractivity contribution in [1.82, 2.24) is 0 Å². The molecule has 0 heterocycles. The summed E-state index contributed by atoms with van der Waals surface area (Å²) in [5.41, 5.74) is -0.264. The third-order valence-corrected chi connectivity index (χ3v) is 2.05. The first-order valence-electron chi connectivity index (χ1n) is 6.30. The molecule has 0 aliphatic rings. The van der Waals surface area contributed by atoms with Crippen LogP contribution in [0.2, 0.25) is 0 Å². The van der Waals surface area contributed by atoms with E-state index in [9.17, 15) is 4.79 Å². The van der Waals surface area contributed by atoms with Gasteiger partial charge in [-0.3, -0.25) is 0 Å². The molecule has 0 aliphatic heterocycles. The summed E-state index contributed by atoms with van der Waals surface area (Å²) in [6.07, 6.45) is 4.21. The third-order valence-electron chi connectivity index (χ3n) is 2.05. The molecule has 0 aliphatic carbocycles. The van der Waals surface area contributed by atoms with Crippen molar-refractivity contribution in [3.8, 4) is 0 Å². The lowest BCUT2D eigenvalue weighted by Gasteiger charge is -2.18. The van der Waals surface area contributed by atoms with Gasteiger partial charge in [0.15, 0.2) is 0 Å². The van der Waals surface area contributed by atoms with Gasteiger partial charge in [0, 0.05) is 0 Å². The average Bonchev–Trinajstić information content (AvgIpc) is 2.12. The molecule has 106 valence electrons. The molecule has 4 heteroatoms. The van der Waals surface area contributed by atoms with Gasteiger partial charge in [0.25, 0.3) is 0 Å². The van der Waals surface area contributed by atoms with Gasteiger partial charge in [-0.2, -0.15) is 4.89 Å². The van der Waals surface area contributed by atoms with Gasteiger partial charge < -0.3 is 9.99 Å². The second kappa shape index (κ2) is 6.78. The van der Waals surface area contributed by atoms with Crippen LogP contribution in [0.4, 0.5) is 0 Å². The van der Waals surface area contributed by atoms with E-state index in [-0.39, 0.29) is 11.2 Å². The van der Waals surface area contributed by atoms with Crippen LogP contribution in [0.5, 0.6) is 0 Å². The van der Waals surface area contributed by atoms with Gasteiger partial charge in [0.1, 0.15) is 5.60 Å². The fraction of sp³-hybridized carbons (Fsp3) is 0.786. The molecule has 18 heavy (non-hydrogen) atoms.